The van der Waals surface area contributed by atoms with Crippen LogP contribution in [0.15, 0.2) is 30.3 Å². The van der Waals surface area contributed by atoms with Crippen molar-refractivity contribution >= 4 is 5.82 Å². The summed E-state index contributed by atoms with van der Waals surface area (Å²) in [6, 6.07) is 10.4. The van der Waals surface area contributed by atoms with Crippen molar-refractivity contribution in [1.29, 1.82) is 0 Å². The Morgan fingerprint density at radius 1 is 1.09 bits per heavy atom. The lowest BCUT2D eigenvalue weighted by atomic mass is 10.1. The third-order valence-corrected chi connectivity index (χ3v) is 3.62. The fourth-order valence-corrected chi connectivity index (χ4v) is 2.54. The van der Waals surface area contributed by atoms with Gasteiger partial charge in [-0.25, -0.2) is 4.98 Å². The quantitative estimate of drug-likeness (QED) is 0.724. The molecular formula is C17H25N5. The number of likely N-dealkylation sites (N-methyl/N-ethyl adjacent to an activating group) is 2. The molecule has 0 aliphatic carbocycles. The number of hydrogen-bond acceptors (Lipinski definition) is 5. The molecule has 2 rings (SSSR count). The van der Waals surface area contributed by atoms with Crippen LogP contribution in [-0.4, -0.2) is 30.6 Å². The van der Waals surface area contributed by atoms with E-state index in [9.17, 15) is 0 Å². The van der Waals surface area contributed by atoms with Crippen LogP contribution in [0.2, 0.25) is 0 Å². The maximum absolute atomic E-state index is 5.80. The van der Waals surface area contributed by atoms with E-state index in [0.717, 1.165) is 42.0 Å². The van der Waals surface area contributed by atoms with Gasteiger partial charge in [0.1, 0.15) is 5.82 Å². The monoisotopic (exact) mass is 299 g/mol. The average Bonchev–Trinajstić information content (AvgIpc) is 2.50. The maximum Gasteiger partial charge on any atom is 0.123 e. The van der Waals surface area contributed by atoms with Gasteiger partial charge in [-0.15, -0.1) is 0 Å². The first-order valence-corrected chi connectivity index (χ1v) is 7.63. The topological polar surface area (TPSA) is 75.9 Å². The highest BCUT2D eigenvalue weighted by molar-refractivity contribution is 5.34. The van der Waals surface area contributed by atoms with Crippen LogP contribution in [0, 0.1) is 6.92 Å². The summed E-state index contributed by atoms with van der Waals surface area (Å²) in [6.07, 6.45) is 1.71. The predicted octanol–water partition coefficient (Wildman–Crippen LogP) is 1.63. The lowest BCUT2D eigenvalue weighted by Crippen LogP contribution is -2.28. The van der Waals surface area contributed by atoms with E-state index >= 15 is 0 Å². The Balaban J connectivity index is 2.06. The number of nitrogen functional groups attached to an aromatic ring is 1. The van der Waals surface area contributed by atoms with Crippen molar-refractivity contribution < 1.29 is 0 Å². The normalized spacial score (nSPS) is 12.3. The van der Waals surface area contributed by atoms with Gasteiger partial charge in [0, 0.05) is 17.9 Å². The zero-order valence-corrected chi connectivity index (χ0v) is 13.6. The maximum atomic E-state index is 5.80. The van der Waals surface area contributed by atoms with Gasteiger partial charge in [0.2, 0.25) is 0 Å². The fourth-order valence-electron chi connectivity index (χ4n) is 2.54. The molecule has 0 aromatic carbocycles. The van der Waals surface area contributed by atoms with Crippen LogP contribution in [-0.2, 0) is 12.8 Å². The zero-order valence-electron chi connectivity index (χ0n) is 13.6. The Kier molecular flexibility index (Phi) is 5.86. The molecule has 0 amide bonds. The molecule has 0 saturated carbocycles. The molecule has 0 radical (unpaired) electrons. The van der Waals surface area contributed by atoms with Crippen molar-refractivity contribution in [2.45, 2.75) is 25.8 Å². The number of aryl methyl sites for hydroxylation is 3. The molecule has 0 saturated heterocycles. The van der Waals surface area contributed by atoms with E-state index in [1.54, 1.807) is 0 Å². The van der Waals surface area contributed by atoms with Crippen LogP contribution in [0.4, 0.5) is 5.82 Å². The van der Waals surface area contributed by atoms with E-state index in [4.69, 9.17) is 10.7 Å². The first-order valence-electron chi connectivity index (χ1n) is 7.63. The van der Waals surface area contributed by atoms with E-state index in [2.05, 4.69) is 39.9 Å². The van der Waals surface area contributed by atoms with E-state index < -0.39 is 0 Å². The van der Waals surface area contributed by atoms with Crippen LogP contribution in [0.1, 0.15) is 28.7 Å². The predicted molar refractivity (Wildman–Crippen MR) is 90.8 cm³/mol. The number of pyridine rings is 2. The molecule has 0 aliphatic heterocycles. The number of nitrogens with zero attached hydrogens (tertiary/aromatic N) is 2. The van der Waals surface area contributed by atoms with Gasteiger partial charge in [0.05, 0.1) is 11.7 Å². The second-order valence-electron chi connectivity index (χ2n) is 5.51. The molecule has 2 heterocycles. The van der Waals surface area contributed by atoms with E-state index in [1.165, 1.54) is 0 Å². The highest BCUT2D eigenvalue weighted by Crippen LogP contribution is 2.12. The van der Waals surface area contributed by atoms with Gasteiger partial charge < -0.3 is 16.4 Å². The summed E-state index contributed by atoms with van der Waals surface area (Å²) in [4.78, 5) is 9.14. The molecule has 118 valence electrons. The van der Waals surface area contributed by atoms with Gasteiger partial charge in [-0.1, -0.05) is 6.07 Å². The molecule has 0 bridgehead atoms. The Bertz CT molecular complexity index is 591. The second-order valence-corrected chi connectivity index (χ2v) is 5.51. The van der Waals surface area contributed by atoms with Gasteiger partial charge in [-0.2, -0.15) is 0 Å². The summed E-state index contributed by atoms with van der Waals surface area (Å²) in [6.45, 7) is 2.89. The number of hydrogen-bond donors (Lipinski definition) is 3. The van der Waals surface area contributed by atoms with Gasteiger partial charge in [-0.3, -0.25) is 4.98 Å². The summed E-state index contributed by atoms with van der Waals surface area (Å²) >= 11 is 0. The van der Waals surface area contributed by atoms with E-state index in [-0.39, 0.29) is 6.04 Å². The molecule has 4 N–H and O–H groups in total. The summed E-state index contributed by atoms with van der Waals surface area (Å²) in [5, 5.41) is 6.46. The van der Waals surface area contributed by atoms with E-state index in [0.29, 0.717) is 5.82 Å². The molecule has 5 nitrogen and oxygen atoms in total. The highest BCUT2D eigenvalue weighted by atomic mass is 15.0. The van der Waals surface area contributed by atoms with Gasteiger partial charge in [0.25, 0.3) is 0 Å². The minimum Gasteiger partial charge on any atom is -0.384 e. The van der Waals surface area contributed by atoms with Crippen molar-refractivity contribution in [3.05, 3.63) is 53.0 Å². The molecule has 2 aromatic rings. The van der Waals surface area contributed by atoms with Crippen LogP contribution in [0.25, 0.3) is 0 Å². The summed E-state index contributed by atoms with van der Waals surface area (Å²) in [5.41, 5.74) is 10.1. The molecule has 1 unspecified atom stereocenters. The minimum absolute atomic E-state index is 0.220. The van der Waals surface area contributed by atoms with Gasteiger partial charge in [-0.05, 0) is 63.7 Å². The van der Waals surface area contributed by atoms with Crippen molar-refractivity contribution in [1.82, 2.24) is 20.6 Å². The standard InChI is InChI=1S/C17H25N5/c1-12-9-14(22-17(18)10-12)8-7-13-5-4-6-15(21-13)16(20-3)11-19-2/h4-6,9-10,16,19-20H,7-8,11H2,1-3H3,(H2,18,22). The number of aromatic nitrogens is 2. The molecule has 1 atom stereocenters. The van der Waals surface area contributed by atoms with Crippen LogP contribution >= 0.6 is 0 Å². The SMILES string of the molecule is CNCC(NC)c1cccc(CCc2cc(C)cc(N)n2)n1. The first kappa shape index (κ1) is 16.4. The van der Waals surface area contributed by atoms with Crippen molar-refractivity contribution in [2.24, 2.45) is 0 Å². The summed E-state index contributed by atoms with van der Waals surface area (Å²) in [7, 11) is 3.90. The lowest BCUT2D eigenvalue weighted by Gasteiger charge is -2.16. The summed E-state index contributed by atoms with van der Waals surface area (Å²) < 4.78 is 0. The molecule has 0 spiro atoms. The fraction of sp³-hybridized carbons (Fsp3) is 0.412. The van der Waals surface area contributed by atoms with Crippen molar-refractivity contribution in [3.63, 3.8) is 0 Å². The molecule has 22 heavy (non-hydrogen) atoms. The zero-order chi connectivity index (χ0) is 15.9. The number of rotatable bonds is 7. The first-order chi connectivity index (χ1) is 10.6. The summed E-state index contributed by atoms with van der Waals surface area (Å²) in [5.74, 6) is 0.584. The van der Waals surface area contributed by atoms with E-state index in [1.807, 2.05) is 27.1 Å². The Morgan fingerprint density at radius 3 is 2.55 bits per heavy atom. The van der Waals surface area contributed by atoms with Gasteiger partial charge in [0.15, 0.2) is 0 Å². The Morgan fingerprint density at radius 2 is 1.86 bits per heavy atom. The molecule has 2 aromatic heterocycles. The van der Waals surface area contributed by atoms with Gasteiger partial charge >= 0.3 is 0 Å². The Hall–Kier alpha value is -1.98. The second kappa shape index (κ2) is 7.87. The highest BCUT2D eigenvalue weighted by Gasteiger charge is 2.10. The molecule has 0 aliphatic rings. The smallest absolute Gasteiger partial charge is 0.123 e. The number of anilines is 1. The lowest BCUT2D eigenvalue weighted by molar-refractivity contribution is 0.543. The molecule has 0 fully saturated rings. The Labute approximate surface area is 132 Å². The number of nitrogens with two attached hydrogens (primary N) is 1. The third-order valence-electron chi connectivity index (χ3n) is 3.62. The van der Waals surface area contributed by atoms with Crippen molar-refractivity contribution in [3.8, 4) is 0 Å². The van der Waals surface area contributed by atoms with Crippen molar-refractivity contribution in [2.75, 3.05) is 26.4 Å². The van der Waals surface area contributed by atoms with Crippen LogP contribution in [0.3, 0.4) is 0 Å². The molecular weight excluding hydrogens is 274 g/mol. The average molecular weight is 299 g/mol. The largest absolute Gasteiger partial charge is 0.384 e. The minimum atomic E-state index is 0.220. The van der Waals surface area contributed by atoms with Crippen LogP contribution < -0.4 is 16.4 Å². The number of nitrogens with one attached hydrogen (secondary N) is 2. The molecule has 5 heteroatoms. The third kappa shape index (κ3) is 4.51. The van der Waals surface area contributed by atoms with Crippen LogP contribution in [0.5, 0.6) is 0 Å².